The van der Waals surface area contributed by atoms with Gasteiger partial charge in [-0.2, -0.15) is 0 Å². The first kappa shape index (κ1) is 17.5. The lowest BCUT2D eigenvalue weighted by Gasteiger charge is -2.17. The van der Waals surface area contributed by atoms with E-state index in [0.717, 1.165) is 30.9 Å². The summed E-state index contributed by atoms with van der Waals surface area (Å²) in [5.41, 5.74) is 2.45. The van der Waals surface area contributed by atoms with Crippen molar-refractivity contribution < 1.29 is 4.74 Å². The molecule has 2 aromatic heterocycles. The quantitative estimate of drug-likeness (QED) is 0.585. The molecule has 1 saturated heterocycles. The Bertz CT molecular complexity index is 907. The van der Waals surface area contributed by atoms with E-state index in [1.807, 2.05) is 6.20 Å². The summed E-state index contributed by atoms with van der Waals surface area (Å²) in [5, 5.41) is 2.10. The number of likely N-dealkylation sites (tertiary alicyclic amines) is 1. The van der Waals surface area contributed by atoms with E-state index < -0.39 is 0 Å². The van der Waals surface area contributed by atoms with Crippen molar-refractivity contribution in [2.75, 3.05) is 13.1 Å². The monoisotopic (exact) mass is 397 g/mol. The Kier molecular flexibility index (Phi) is 5.05. The van der Waals surface area contributed by atoms with Crippen LogP contribution in [-0.4, -0.2) is 35.1 Å². The Balaban J connectivity index is 1.10. The topological polar surface area (TPSA) is 37.4 Å². The van der Waals surface area contributed by atoms with Crippen LogP contribution in [0, 0.1) is 0 Å². The minimum atomic E-state index is 0.467. The minimum absolute atomic E-state index is 0.467. The summed E-state index contributed by atoms with van der Waals surface area (Å²) in [4.78, 5) is 8.23. The van der Waals surface area contributed by atoms with Gasteiger partial charge in [0.1, 0.15) is 5.75 Å². The molecule has 1 N–H and O–H groups in total. The van der Waals surface area contributed by atoms with E-state index in [-0.39, 0.29) is 0 Å². The highest BCUT2D eigenvalue weighted by Gasteiger charge is 2.24. The summed E-state index contributed by atoms with van der Waals surface area (Å²) in [6.07, 6.45) is 6.03. The van der Waals surface area contributed by atoms with Gasteiger partial charge in [-0.25, -0.2) is 0 Å². The van der Waals surface area contributed by atoms with Crippen LogP contribution in [-0.2, 0) is 6.54 Å². The van der Waals surface area contributed by atoms with E-state index >= 15 is 0 Å². The Labute approximate surface area is 168 Å². The van der Waals surface area contributed by atoms with Crippen LogP contribution >= 0.6 is 23.3 Å². The Morgan fingerprint density at radius 2 is 2.07 bits per heavy atom. The van der Waals surface area contributed by atoms with Crippen molar-refractivity contribution in [2.45, 2.75) is 42.8 Å². The van der Waals surface area contributed by atoms with Crippen LogP contribution in [0.3, 0.4) is 0 Å². The van der Waals surface area contributed by atoms with Crippen LogP contribution < -0.4 is 9.46 Å². The van der Waals surface area contributed by atoms with Gasteiger partial charge in [0, 0.05) is 36.8 Å². The van der Waals surface area contributed by atoms with Gasteiger partial charge in [0.25, 0.3) is 0 Å². The van der Waals surface area contributed by atoms with Crippen molar-refractivity contribution in [1.29, 1.82) is 0 Å². The van der Waals surface area contributed by atoms with Gasteiger partial charge >= 0.3 is 0 Å². The average Bonchev–Trinajstić information content (AvgIpc) is 3.19. The number of benzene rings is 1. The molecule has 1 saturated carbocycles. The molecule has 0 radical (unpaired) electrons. The molecule has 1 atom stereocenters. The molecule has 140 valence electrons. The lowest BCUT2D eigenvalue weighted by atomic mass is 10.2. The molecule has 2 aliphatic rings. The summed E-state index contributed by atoms with van der Waals surface area (Å²) < 4.78 is 10.7. The number of pyridine rings is 1. The number of rotatable bonds is 7. The third-order valence-corrected chi connectivity index (χ3v) is 6.81. The van der Waals surface area contributed by atoms with Gasteiger partial charge in [0.2, 0.25) is 0 Å². The highest BCUT2D eigenvalue weighted by atomic mass is 32.2. The van der Waals surface area contributed by atoms with Crippen LogP contribution in [0.4, 0.5) is 0 Å². The zero-order valence-electron chi connectivity index (χ0n) is 15.1. The number of aromatic nitrogens is 1. The second kappa shape index (κ2) is 7.80. The first-order valence-electron chi connectivity index (χ1n) is 9.55. The van der Waals surface area contributed by atoms with E-state index in [0.29, 0.717) is 12.1 Å². The van der Waals surface area contributed by atoms with E-state index in [2.05, 4.69) is 56.4 Å². The van der Waals surface area contributed by atoms with Gasteiger partial charge in [-0.15, -0.1) is 11.3 Å². The van der Waals surface area contributed by atoms with Crippen LogP contribution in [0.2, 0.25) is 0 Å². The largest absolute Gasteiger partial charge is 0.490 e. The average molecular weight is 398 g/mol. The molecule has 2 fully saturated rings. The summed E-state index contributed by atoms with van der Waals surface area (Å²) in [5.74, 6) is 1.01. The Morgan fingerprint density at radius 3 is 2.93 bits per heavy atom. The van der Waals surface area contributed by atoms with Crippen LogP contribution in [0.5, 0.6) is 5.75 Å². The van der Waals surface area contributed by atoms with Crippen LogP contribution in [0.25, 0.3) is 10.2 Å². The van der Waals surface area contributed by atoms with Gasteiger partial charge in [0.05, 0.1) is 16.3 Å². The highest BCUT2D eigenvalue weighted by Crippen LogP contribution is 2.27. The molecule has 1 aromatic carbocycles. The summed E-state index contributed by atoms with van der Waals surface area (Å²) in [7, 11) is 0. The molecule has 4 nitrogen and oxygen atoms in total. The van der Waals surface area contributed by atoms with Crippen LogP contribution in [0.15, 0.2) is 52.9 Å². The molecule has 0 amide bonds. The zero-order valence-corrected chi connectivity index (χ0v) is 16.8. The van der Waals surface area contributed by atoms with Crippen molar-refractivity contribution in [3.63, 3.8) is 0 Å². The zero-order chi connectivity index (χ0) is 18.1. The second-order valence-corrected chi connectivity index (χ2v) is 9.24. The highest BCUT2D eigenvalue weighted by molar-refractivity contribution is 7.97. The van der Waals surface area contributed by atoms with Crippen molar-refractivity contribution in [2.24, 2.45) is 0 Å². The number of thiophene rings is 1. The SMILES string of the molecule is c1cc2ncc(SNC3CCN(Cc4ccc(OC5CC5)cc4)C3)cc2s1. The van der Waals surface area contributed by atoms with Crippen molar-refractivity contribution in [1.82, 2.24) is 14.6 Å². The number of fused-ring (bicyclic) bond motifs is 1. The summed E-state index contributed by atoms with van der Waals surface area (Å²) >= 11 is 3.46. The molecule has 0 spiro atoms. The number of nitrogens with zero attached hydrogens (tertiary/aromatic N) is 2. The number of nitrogens with one attached hydrogen (secondary N) is 1. The fourth-order valence-electron chi connectivity index (χ4n) is 3.42. The lowest BCUT2D eigenvalue weighted by Crippen LogP contribution is -2.28. The fraction of sp³-hybridized carbons (Fsp3) is 0.381. The predicted octanol–water partition coefficient (Wildman–Crippen LogP) is 4.71. The molecule has 3 heterocycles. The van der Waals surface area contributed by atoms with E-state index in [4.69, 9.17) is 4.74 Å². The van der Waals surface area contributed by atoms with Gasteiger partial charge in [-0.3, -0.25) is 14.6 Å². The predicted molar refractivity (Wildman–Crippen MR) is 112 cm³/mol. The van der Waals surface area contributed by atoms with Gasteiger partial charge in [0.15, 0.2) is 0 Å². The third-order valence-electron chi connectivity index (χ3n) is 5.05. The van der Waals surface area contributed by atoms with Crippen molar-refractivity contribution in [3.8, 4) is 5.75 Å². The molecule has 3 aromatic rings. The molecule has 1 aliphatic heterocycles. The maximum absolute atomic E-state index is 5.83. The molecule has 1 unspecified atom stereocenters. The smallest absolute Gasteiger partial charge is 0.119 e. The molecule has 1 aliphatic carbocycles. The van der Waals surface area contributed by atoms with E-state index in [1.165, 1.54) is 34.4 Å². The number of hydrogen-bond acceptors (Lipinski definition) is 6. The maximum Gasteiger partial charge on any atom is 0.119 e. The third kappa shape index (κ3) is 4.46. The van der Waals surface area contributed by atoms with Crippen LogP contribution in [0.1, 0.15) is 24.8 Å². The van der Waals surface area contributed by atoms with Gasteiger partial charge in [-0.05, 0) is 66.4 Å². The standard InChI is InChI=1S/C21H23N3OS2/c1-3-17(25-18-5-6-18)4-2-15(1)13-24-9-7-16(14-24)23-27-19-11-21-20(22-12-19)8-10-26-21/h1-4,8,10-12,16,18,23H,5-7,9,13-14H2. The second-order valence-electron chi connectivity index (χ2n) is 7.38. The van der Waals surface area contributed by atoms with Gasteiger partial charge in [-0.1, -0.05) is 12.1 Å². The normalized spacial score (nSPS) is 20.4. The first-order valence-corrected chi connectivity index (χ1v) is 11.2. The van der Waals surface area contributed by atoms with Gasteiger partial charge < -0.3 is 4.74 Å². The molecular weight excluding hydrogens is 374 g/mol. The number of ether oxygens (including phenoxy) is 1. The first-order chi connectivity index (χ1) is 13.3. The number of hydrogen-bond donors (Lipinski definition) is 1. The molecular formula is C21H23N3OS2. The summed E-state index contributed by atoms with van der Waals surface area (Å²) in [6, 6.07) is 13.5. The molecule has 6 heteroatoms. The molecule has 5 rings (SSSR count). The Morgan fingerprint density at radius 1 is 1.19 bits per heavy atom. The van der Waals surface area contributed by atoms with Crippen molar-refractivity contribution in [3.05, 3.63) is 53.5 Å². The van der Waals surface area contributed by atoms with E-state index in [9.17, 15) is 0 Å². The minimum Gasteiger partial charge on any atom is -0.490 e. The lowest BCUT2D eigenvalue weighted by molar-refractivity contribution is 0.302. The van der Waals surface area contributed by atoms with E-state index in [1.54, 1.807) is 23.3 Å². The Hall–Kier alpha value is -1.60. The summed E-state index contributed by atoms with van der Waals surface area (Å²) in [6.45, 7) is 3.23. The molecule has 0 bridgehead atoms. The molecule has 27 heavy (non-hydrogen) atoms. The fourth-order valence-corrected chi connectivity index (χ4v) is 5.05. The van der Waals surface area contributed by atoms with Crippen molar-refractivity contribution >= 4 is 33.5 Å². The maximum atomic E-state index is 5.83.